The number of aryl methyl sites for hydroxylation is 1. The van der Waals surface area contributed by atoms with Gasteiger partial charge in [0.2, 0.25) is 5.91 Å². The summed E-state index contributed by atoms with van der Waals surface area (Å²) in [6.45, 7) is 2.00. The number of primary amides is 1. The molecule has 5 nitrogen and oxygen atoms in total. The quantitative estimate of drug-likeness (QED) is 0.881. The summed E-state index contributed by atoms with van der Waals surface area (Å²) < 4.78 is 0. The summed E-state index contributed by atoms with van der Waals surface area (Å²) in [6, 6.07) is 7.13. The molecule has 1 saturated carbocycles. The van der Waals surface area contributed by atoms with E-state index in [0.29, 0.717) is 12.3 Å². The largest absolute Gasteiger partial charge is 0.368 e. The van der Waals surface area contributed by atoms with Crippen LogP contribution in [0.2, 0.25) is 0 Å². The van der Waals surface area contributed by atoms with Crippen LogP contribution in [0.3, 0.4) is 0 Å². The van der Waals surface area contributed by atoms with Crippen LogP contribution in [0.1, 0.15) is 37.7 Å². The van der Waals surface area contributed by atoms with Crippen LogP contribution < -0.4 is 11.1 Å². The smallest absolute Gasteiger partial charge is 0.322 e. The number of urea groups is 1. The molecule has 3 amide bonds. The molecule has 3 atom stereocenters. The van der Waals surface area contributed by atoms with Crippen LogP contribution >= 0.6 is 0 Å². The number of hydrogen-bond donors (Lipinski definition) is 2. The lowest BCUT2D eigenvalue weighted by atomic mass is 9.85. The first kappa shape index (κ1) is 14.9. The number of nitrogens with zero attached hydrogens (tertiary/aromatic N) is 1. The number of carbonyl (C=O) groups excluding carboxylic acids is 2. The highest BCUT2D eigenvalue weighted by Gasteiger charge is 2.46. The Kier molecular flexibility index (Phi) is 4.05. The Morgan fingerprint density at radius 3 is 2.55 bits per heavy atom. The Balaban J connectivity index is 1.78. The number of hydrogen-bond acceptors (Lipinski definition) is 2. The zero-order valence-corrected chi connectivity index (χ0v) is 12.9. The molecule has 3 rings (SSSR count). The standard InChI is InChI=1S/C17H23N3O2/c1-11-6-8-13(9-7-11)19-17(22)20-14-5-3-2-4-12(14)10-15(20)16(18)21/h6-9,12,14-15H,2-5,10H2,1H3,(H2,18,21)(H,19,22). The van der Waals surface area contributed by atoms with Gasteiger partial charge in [0.25, 0.3) is 0 Å². The molecule has 2 aliphatic rings. The molecule has 0 radical (unpaired) electrons. The molecule has 0 bridgehead atoms. The van der Waals surface area contributed by atoms with E-state index < -0.39 is 11.9 Å². The van der Waals surface area contributed by atoms with Gasteiger partial charge in [0.1, 0.15) is 6.04 Å². The lowest BCUT2D eigenvalue weighted by Crippen LogP contribution is -2.49. The Hall–Kier alpha value is -2.04. The zero-order chi connectivity index (χ0) is 15.7. The van der Waals surface area contributed by atoms with Gasteiger partial charge < -0.3 is 16.0 Å². The Bertz CT molecular complexity index is 570. The van der Waals surface area contributed by atoms with Gasteiger partial charge in [-0.1, -0.05) is 30.5 Å². The van der Waals surface area contributed by atoms with Crippen LogP contribution in [-0.2, 0) is 4.79 Å². The molecule has 5 heteroatoms. The van der Waals surface area contributed by atoms with E-state index in [9.17, 15) is 9.59 Å². The van der Waals surface area contributed by atoms with Crippen LogP contribution in [0.4, 0.5) is 10.5 Å². The third kappa shape index (κ3) is 2.80. The number of amides is 3. The first-order valence-corrected chi connectivity index (χ1v) is 8.01. The van der Waals surface area contributed by atoms with Gasteiger partial charge in [-0.3, -0.25) is 4.79 Å². The summed E-state index contributed by atoms with van der Waals surface area (Å²) in [4.78, 5) is 26.1. The molecular weight excluding hydrogens is 278 g/mol. The van der Waals surface area contributed by atoms with Gasteiger partial charge in [-0.15, -0.1) is 0 Å². The van der Waals surface area contributed by atoms with E-state index in [1.54, 1.807) is 4.90 Å². The van der Waals surface area contributed by atoms with E-state index in [0.717, 1.165) is 30.5 Å². The van der Waals surface area contributed by atoms with Gasteiger partial charge in [-0.05, 0) is 44.2 Å². The second-order valence-corrected chi connectivity index (χ2v) is 6.47. The van der Waals surface area contributed by atoms with Crippen molar-refractivity contribution in [1.29, 1.82) is 0 Å². The van der Waals surface area contributed by atoms with Crippen molar-refractivity contribution in [2.45, 2.75) is 51.1 Å². The Morgan fingerprint density at radius 1 is 1.18 bits per heavy atom. The number of anilines is 1. The van der Waals surface area contributed by atoms with Crippen LogP contribution in [-0.4, -0.2) is 28.9 Å². The summed E-state index contributed by atoms with van der Waals surface area (Å²) in [7, 11) is 0. The van der Waals surface area contributed by atoms with Gasteiger partial charge in [0, 0.05) is 11.7 Å². The third-order valence-electron chi connectivity index (χ3n) is 4.95. The number of carbonyl (C=O) groups is 2. The van der Waals surface area contributed by atoms with E-state index in [2.05, 4.69) is 5.32 Å². The van der Waals surface area contributed by atoms with Crippen LogP contribution in [0.5, 0.6) is 0 Å². The highest BCUT2D eigenvalue weighted by molar-refractivity contribution is 5.94. The SMILES string of the molecule is Cc1ccc(NC(=O)N2C(C(N)=O)CC3CCCCC32)cc1. The van der Waals surface area contributed by atoms with Gasteiger partial charge in [0.05, 0.1) is 0 Å². The van der Waals surface area contributed by atoms with Crippen molar-refractivity contribution >= 4 is 17.6 Å². The molecule has 3 unspecified atom stereocenters. The van der Waals surface area contributed by atoms with E-state index in [-0.39, 0.29) is 12.1 Å². The van der Waals surface area contributed by atoms with Gasteiger partial charge in [0.15, 0.2) is 0 Å². The van der Waals surface area contributed by atoms with Crippen molar-refractivity contribution in [1.82, 2.24) is 4.90 Å². The van der Waals surface area contributed by atoms with Crippen molar-refractivity contribution < 1.29 is 9.59 Å². The molecule has 3 N–H and O–H groups in total. The number of nitrogens with one attached hydrogen (secondary N) is 1. The van der Waals surface area contributed by atoms with E-state index in [4.69, 9.17) is 5.73 Å². The predicted molar refractivity (Wildman–Crippen MR) is 85.4 cm³/mol. The first-order chi connectivity index (χ1) is 10.6. The number of rotatable bonds is 2. The number of benzene rings is 1. The number of likely N-dealkylation sites (tertiary alicyclic amines) is 1. The lowest BCUT2D eigenvalue weighted by molar-refractivity contribution is -0.121. The topological polar surface area (TPSA) is 75.4 Å². The minimum Gasteiger partial charge on any atom is -0.368 e. The fourth-order valence-corrected chi connectivity index (χ4v) is 3.83. The summed E-state index contributed by atoms with van der Waals surface area (Å²) in [5, 5.41) is 2.91. The van der Waals surface area contributed by atoms with Crippen molar-refractivity contribution in [2.75, 3.05) is 5.32 Å². The molecule has 1 aromatic carbocycles. The summed E-state index contributed by atoms with van der Waals surface area (Å²) in [6.07, 6.45) is 5.06. The first-order valence-electron chi connectivity index (χ1n) is 8.01. The highest BCUT2D eigenvalue weighted by Crippen LogP contribution is 2.39. The van der Waals surface area contributed by atoms with Crippen molar-refractivity contribution in [3.05, 3.63) is 29.8 Å². The molecular formula is C17H23N3O2. The fraction of sp³-hybridized carbons (Fsp3) is 0.529. The van der Waals surface area contributed by atoms with Crippen LogP contribution in [0.15, 0.2) is 24.3 Å². The minimum absolute atomic E-state index is 0.150. The monoisotopic (exact) mass is 301 g/mol. The van der Waals surface area contributed by atoms with E-state index in [1.807, 2.05) is 31.2 Å². The zero-order valence-electron chi connectivity index (χ0n) is 12.9. The molecule has 1 aliphatic heterocycles. The Labute approximate surface area is 130 Å². The maximum absolute atomic E-state index is 12.7. The van der Waals surface area contributed by atoms with Gasteiger partial charge in [-0.2, -0.15) is 0 Å². The molecule has 118 valence electrons. The molecule has 22 heavy (non-hydrogen) atoms. The van der Waals surface area contributed by atoms with Crippen molar-refractivity contribution in [2.24, 2.45) is 11.7 Å². The third-order valence-corrected chi connectivity index (χ3v) is 4.95. The number of nitrogens with two attached hydrogens (primary N) is 1. The van der Waals surface area contributed by atoms with Gasteiger partial charge in [-0.25, -0.2) is 4.79 Å². The predicted octanol–water partition coefficient (Wildman–Crippen LogP) is 2.65. The molecule has 0 aromatic heterocycles. The summed E-state index contributed by atoms with van der Waals surface area (Å²) >= 11 is 0. The van der Waals surface area contributed by atoms with Crippen LogP contribution in [0, 0.1) is 12.8 Å². The second kappa shape index (κ2) is 5.99. The Morgan fingerprint density at radius 2 is 1.86 bits per heavy atom. The average molecular weight is 301 g/mol. The molecule has 0 spiro atoms. The average Bonchev–Trinajstić information content (AvgIpc) is 2.89. The maximum atomic E-state index is 12.7. The maximum Gasteiger partial charge on any atom is 0.322 e. The summed E-state index contributed by atoms with van der Waals surface area (Å²) in [5.74, 6) is 0.0171. The minimum atomic E-state index is -0.474. The highest BCUT2D eigenvalue weighted by atomic mass is 16.2. The van der Waals surface area contributed by atoms with Crippen LogP contribution in [0.25, 0.3) is 0 Å². The van der Waals surface area contributed by atoms with E-state index >= 15 is 0 Å². The molecule has 1 aliphatic carbocycles. The number of fused-ring (bicyclic) bond motifs is 1. The van der Waals surface area contributed by atoms with Crippen molar-refractivity contribution in [3.8, 4) is 0 Å². The molecule has 1 aromatic rings. The van der Waals surface area contributed by atoms with Gasteiger partial charge >= 0.3 is 6.03 Å². The van der Waals surface area contributed by atoms with Crippen molar-refractivity contribution in [3.63, 3.8) is 0 Å². The normalized spacial score (nSPS) is 27.3. The lowest BCUT2D eigenvalue weighted by Gasteiger charge is -2.33. The van der Waals surface area contributed by atoms with E-state index in [1.165, 1.54) is 6.42 Å². The second-order valence-electron chi connectivity index (χ2n) is 6.47. The fourth-order valence-electron chi connectivity index (χ4n) is 3.83. The molecule has 1 heterocycles. The molecule has 1 saturated heterocycles. The molecule has 2 fully saturated rings. The summed E-state index contributed by atoms with van der Waals surface area (Å²) in [5.41, 5.74) is 7.42.